The average molecular weight is 399 g/mol. The first kappa shape index (κ1) is 18.2. The van der Waals surface area contributed by atoms with Crippen molar-refractivity contribution in [1.82, 2.24) is 20.1 Å². The molecule has 1 saturated heterocycles. The fraction of sp³-hybridized carbons (Fsp3) is 0.263. The summed E-state index contributed by atoms with van der Waals surface area (Å²) in [5.74, 6) is 1.46. The molecule has 0 unspecified atom stereocenters. The van der Waals surface area contributed by atoms with Crippen molar-refractivity contribution >= 4 is 29.3 Å². The van der Waals surface area contributed by atoms with Crippen molar-refractivity contribution in [2.75, 3.05) is 36.4 Å². The molecule has 0 spiro atoms. The zero-order valence-corrected chi connectivity index (χ0v) is 15.8. The Bertz CT molecular complexity index is 924. The standard InChI is InChI=1S/C19H19ClN6O2/c20-15-5-3-14(4-6-15)12-21-17-13-22-24-19(23-17)26-9-7-25(8-10-26)18(27)16-2-1-11-28-16/h1-6,11,13H,7-10,12H2,(H,21,23,24). The van der Waals surface area contributed by atoms with Gasteiger partial charge >= 0.3 is 0 Å². The molecule has 1 N–H and O–H groups in total. The highest BCUT2D eigenvalue weighted by Gasteiger charge is 2.25. The number of piperazine rings is 1. The van der Waals surface area contributed by atoms with Gasteiger partial charge in [0.25, 0.3) is 5.91 Å². The largest absolute Gasteiger partial charge is 0.459 e. The minimum atomic E-state index is -0.0953. The van der Waals surface area contributed by atoms with Gasteiger partial charge in [-0.15, -0.1) is 5.10 Å². The van der Waals surface area contributed by atoms with E-state index in [-0.39, 0.29) is 5.91 Å². The van der Waals surface area contributed by atoms with Gasteiger partial charge in [-0.2, -0.15) is 10.1 Å². The number of benzene rings is 1. The van der Waals surface area contributed by atoms with Gasteiger partial charge < -0.3 is 19.5 Å². The number of halogens is 1. The first-order valence-electron chi connectivity index (χ1n) is 8.95. The van der Waals surface area contributed by atoms with Crippen molar-refractivity contribution in [3.05, 3.63) is 65.2 Å². The Hall–Kier alpha value is -3.13. The highest BCUT2D eigenvalue weighted by Crippen LogP contribution is 2.15. The van der Waals surface area contributed by atoms with Crippen LogP contribution in [0.25, 0.3) is 0 Å². The number of anilines is 2. The van der Waals surface area contributed by atoms with E-state index in [1.807, 2.05) is 29.2 Å². The topological polar surface area (TPSA) is 87.4 Å². The molecule has 1 fully saturated rings. The number of furan rings is 1. The Morgan fingerprint density at radius 1 is 1.14 bits per heavy atom. The number of hydrogen-bond acceptors (Lipinski definition) is 7. The van der Waals surface area contributed by atoms with Gasteiger partial charge in [0.05, 0.1) is 12.5 Å². The van der Waals surface area contributed by atoms with E-state index >= 15 is 0 Å². The van der Waals surface area contributed by atoms with Gasteiger partial charge in [-0.1, -0.05) is 23.7 Å². The van der Waals surface area contributed by atoms with Gasteiger partial charge in [-0.3, -0.25) is 4.79 Å². The molecule has 0 saturated carbocycles. The van der Waals surface area contributed by atoms with Crippen molar-refractivity contribution in [1.29, 1.82) is 0 Å². The highest BCUT2D eigenvalue weighted by atomic mass is 35.5. The van der Waals surface area contributed by atoms with Crippen LogP contribution in [0.3, 0.4) is 0 Å². The fourth-order valence-electron chi connectivity index (χ4n) is 2.97. The SMILES string of the molecule is O=C(c1ccco1)N1CCN(c2nncc(NCc3ccc(Cl)cc3)n2)CC1. The minimum absolute atomic E-state index is 0.0953. The summed E-state index contributed by atoms with van der Waals surface area (Å²) in [6.45, 7) is 3.03. The second kappa shape index (κ2) is 8.26. The van der Waals surface area contributed by atoms with Gasteiger partial charge in [-0.05, 0) is 29.8 Å². The second-order valence-corrected chi connectivity index (χ2v) is 6.81. The summed E-state index contributed by atoms with van der Waals surface area (Å²) in [6.07, 6.45) is 3.10. The summed E-state index contributed by atoms with van der Waals surface area (Å²) in [5, 5.41) is 12.1. The Morgan fingerprint density at radius 2 is 1.93 bits per heavy atom. The summed E-state index contributed by atoms with van der Waals surface area (Å²) in [4.78, 5) is 20.7. The summed E-state index contributed by atoms with van der Waals surface area (Å²) in [6, 6.07) is 11.0. The number of carbonyl (C=O) groups is 1. The van der Waals surface area contributed by atoms with Crippen LogP contribution in [0.1, 0.15) is 16.1 Å². The van der Waals surface area contributed by atoms with Gasteiger partial charge in [0.2, 0.25) is 5.95 Å². The van der Waals surface area contributed by atoms with Crippen LogP contribution in [-0.4, -0.2) is 52.2 Å². The maximum Gasteiger partial charge on any atom is 0.289 e. The molecule has 0 bridgehead atoms. The predicted molar refractivity (Wildman–Crippen MR) is 105 cm³/mol. The molecule has 2 aromatic heterocycles. The van der Waals surface area contributed by atoms with Gasteiger partial charge in [0.15, 0.2) is 11.6 Å². The lowest BCUT2D eigenvalue weighted by atomic mass is 10.2. The molecule has 1 aliphatic rings. The number of nitrogens with one attached hydrogen (secondary N) is 1. The molecule has 8 nitrogen and oxygen atoms in total. The second-order valence-electron chi connectivity index (χ2n) is 6.38. The monoisotopic (exact) mass is 398 g/mol. The smallest absolute Gasteiger partial charge is 0.289 e. The normalized spacial score (nSPS) is 14.2. The Balaban J connectivity index is 1.34. The van der Waals surface area contributed by atoms with E-state index in [0.29, 0.717) is 55.3 Å². The van der Waals surface area contributed by atoms with E-state index in [9.17, 15) is 4.79 Å². The molecule has 3 heterocycles. The lowest BCUT2D eigenvalue weighted by Gasteiger charge is -2.34. The number of aromatic nitrogens is 3. The lowest BCUT2D eigenvalue weighted by molar-refractivity contribution is 0.0714. The molecule has 9 heteroatoms. The van der Waals surface area contributed by atoms with Crippen LogP contribution < -0.4 is 10.2 Å². The molecule has 28 heavy (non-hydrogen) atoms. The zero-order valence-electron chi connectivity index (χ0n) is 15.1. The van der Waals surface area contributed by atoms with Gasteiger partial charge in [-0.25, -0.2) is 0 Å². The number of hydrogen-bond donors (Lipinski definition) is 1. The Labute approximate surface area is 167 Å². The van der Waals surface area contributed by atoms with E-state index in [0.717, 1.165) is 5.56 Å². The molecule has 3 aromatic rings. The van der Waals surface area contributed by atoms with Crippen molar-refractivity contribution in [3.8, 4) is 0 Å². The fourth-order valence-corrected chi connectivity index (χ4v) is 3.10. The summed E-state index contributed by atoms with van der Waals surface area (Å²) < 4.78 is 5.19. The van der Waals surface area contributed by atoms with Crippen molar-refractivity contribution in [2.45, 2.75) is 6.54 Å². The highest BCUT2D eigenvalue weighted by molar-refractivity contribution is 6.30. The third-order valence-electron chi connectivity index (χ3n) is 4.52. The van der Waals surface area contributed by atoms with Gasteiger partial charge in [0.1, 0.15) is 0 Å². The first-order chi connectivity index (χ1) is 13.7. The lowest BCUT2D eigenvalue weighted by Crippen LogP contribution is -2.49. The quantitative estimate of drug-likeness (QED) is 0.706. The van der Waals surface area contributed by atoms with Crippen LogP contribution in [0.2, 0.25) is 5.02 Å². The average Bonchev–Trinajstić information content (AvgIpc) is 3.28. The molecular weight excluding hydrogens is 380 g/mol. The third-order valence-corrected chi connectivity index (χ3v) is 4.77. The van der Waals surface area contributed by atoms with Gasteiger partial charge in [0, 0.05) is 37.7 Å². The molecule has 1 amide bonds. The van der Waals surface area contributed by atoms with Crippen molar-refractivity contribution < 1.29 is 9.21 Å². The zero-order chi connectivity index (χ0) is 19.3. The van der Waals surface area contributed by atoms with E-state index in [1.165, 1.54) is 6.26 Å². The third kappa shape index (κ3) is 4.23. The minimum Gasteiger partial charge on any atom is -0.459 e. The number of amides is 1. The number of rotatable bonds is 5. The van der Waals surface area contributed by atoms with Crippen LogP contribution in [0.15, 0.2) is 53.3 Å². The van der Waals surface area contributed by atoms with E-state index in [2.05, 4.69) is 20.5 Å². The number of carbonyl (C=O) groups excluding carboxylic acids is 1. The van der Waals surface area contributed by atoms with Crippen LogP contribution >= 0.6 is 11.6 Å². The summed E-state index contributed by atoms with van der Waals surface area (Å²) in [5.41, 5.74) is 1.09. The van der Waals surface area contributed by atoms with Crippen LogP contribution in [0, 0.1) is 0 Å². The molecule has 0 aliphatic carbocycles. The van der Waals surface area contributed by atoms with Crippen LogP contribution in [0.5, 0.6) is 0 Å². The summed E-state index contributed by atoms with van der Waals surface area (Å²) >= 11 is 5.91. The molecule has 1 aromatic carbocycles. The van der Waals surface area contributed by atoms with Crippen molar-refractivity contribution in [2.24, 2.45) is 0 Å². The van der Waals surface area contributed by atoms with E-state index < -0.39 is 0 Å². The molecule has 144 valence electrons. The molecular formula is C19H19ClN6O2. The Morgan fingerprint density at radius 3 is 2.64 bits per heavy atom. The van der Waals surface area contributed by atoms with Crippen LogP contribution in [-0.2, 0) is 6.54 Å². The molecule has 4 rings (SSSR count). The maximum absolute atomic E-state index is 12.4. The van der Waals surface area contributed by atoms with Crippen LogP contribution in [0.4, 0.5) is 11.8 Å². The Kier molecular flexibility index (Phi) is 5.38. The number of nitrogens with zero attached hydrogens (tertiary/aromatic N) is 5. The summed E-state index contributed by atoms with van der Waals surface area (Å²) in [7, 11) is 0. The predicted octanol–water partition coefficient (Wildman–Crippen LogP) is 2.69. The maximum atomic E-state index is 12.4. The molecule has 0 atom stereocenters. The molecule has 0 radical (unpaired) electrons. The van der Waals surface area contributed by atoms with E-state index in [1.54, 1.807) is 23.2 Å². The van der Waals surface area contributed by atoms with Crippen molar-refractivity contribution in [3.63, 3.8) is 0 Å². The van der Waals surface area contributed by atoms with E-state index in [4.69, 9.17) is 16.0 Å². The molecule has 1 aliphatic heterocycles. The first-order valence-corrected chi connectivity index (χ1v) is 9.32.